The van der Waals surface area contributed by atoms with E-state index in [4.69, 9.17) is 5.73 Å². The number of pyridine rings is 1. The number of halogens is 1. The van der Waals surface area contributed by atoms with Gasteiger partial charge >= 0.3 is 6.09 Å². The Morgan fingerprint density at radius 1 is 1.60 bits per heavy atom. The maximum Gasteiger partial charge on any atom is 0.410 e. The molecule has 0 bridgehead atoms. The predicted octanol–water partition coefficient (Wildman–Crippen LogP) is 0.637. The van der Waals surface area contributed by atoms with Crippen molar-refractivity contribution in [2.75, 3.05) is 5.32 Å². The van der Waals surface area contributed by atoms with E-state index in [2.05, 4.69) is 15.0 Å². The average Bonchev–Trinajstić information content (AvgIpc) is 2.10. The standard InChI is InChI=1S/C8H8FN3O3/c1-4(13)12-7-6(9)5(2-3-11-7)15-8(10)14/h2-3H,1H3,(H2,10,14)(H,11,12,13). The van der Waals surface area contributed by atoms with E-state index >= 15 is 0 Å². The Morgan fingerprint density at radius 3 is 2.80 bits per heavy atom. The summed E-state index contributed by atoms with van der Waals surface area (Å²) in [5.74, 6) is -2.15. The largest absolute Gasteiger partial charge is 0.410 e. The second-order valence-electron chi connectivity index (χ2n) is 2.57. The van der Waals surface area contributed by atoms with E-state index < -0.39 is 17.8 Å². The lowest BCUT2D eigenvalue weighted by Crippen LogP contribution is -2.18. The van der Waals surface area contributed by atoms with Crippen molar-refractivity contribution in [3.63, 3.8) is 0 Å². The van der Waals surface area contributed by atoms with Gasteiger partial charge in [0.2, 0.25) is 11.7 Å². The molecule has 80 valence electrons. The van der Waals surface area contributed by atoms with Gasteiger partial charge < -0.3 is 15.8 Å². The third-order valence-electron chi connectivity index (χ3n) is 1.36. The fourth-order valence-electron chi connectivity index (χ4n) is 0.867. The lowest BCUT2D eigenvalue weighted by atomic mass is 10.4. The smallest absolute Gasteiger partial charge is 0.407 e. The van der Waals surface area contributed by atoms with Gasteiger partial charge in [0.15, 0.2) is 11.6 Å². The summed E-state index contributed by atoms with van der Waals surface area (Å²) in [5.41, 5.74) is 4.71. The van der Waals surface area contributed by atoms with Crippen molar-refractivity contribution in [3.05, 3.63) is 18.1 Å². The van der Waals surface area contributed by atoms with Gasteiger partial charge in [-0.1, -0.05) is 0 Å². The van der Waals surface area contributed by atoms with Gasteiger partial charge in [-0.15, -0.1) is 0 Å². The van der Waals surface area contributed by atoms with Crippen LogP contribution in [0.4, 0.5) is 15.0 Å². The first-order valence-electron chi connectivity index (χ1n) is 3.90. The maximum absolute atomic E-state index is 13.4. The molecule has 1 aromatic rings. The summed E-state index contributed by atoms with van der Waals surface area (Å²) in [4.78, 5) is 24.6. The van der Waals surface area contributed by atoms with Crippen molar-refractivity contribution in [2.45, 2.75) is 6.92 Å². The molecule has 0 aliphatic heterocycles. The van der Waals surface area contributed by atoms with Gasteiger partial charge in [-0.3, -0.25) is 4.79 Å². The number of rotatable bonds is 2. The summed E-state index contributed by atoms with van der Waals surface area (Å²) >= 11 is 0. The van der Waals surface area contributed by atoms with E-state index in [-0.39, 0.29) is 11.6 Å². The topological polar surface area (TPSA) is 94.3 Å². The summed E-state index contributed by atoms with van der Waals surface area (Å²) in [6, 6.07) is 1.12. The monoisotopic (exact) mass is 213 g/mol. The number of carbonyl (C=O) groups excluding carboxylic acids is 2. The zero-order chi connectivity index (χ0) is 11.4. The quantitative estimate of drug-likeness (QED) is 0.753. The minimum atomic E-state index is -1.14. The van der Waals surface area contributed by atoms with Crippen LogP contribution in [-0.4, -0.2) is 17.0 Å². The Balaban J connectivity index is 2.99. The van der Waals surface area contributed by atoms with Gasteiger partial charge in [0, 0.05) is 19.2 Å². The molecule has 6 nitrogen and oxygen atoms in total. The van der Waals surface area contributed by atoms with Crippen LogP contribution in [0.15, 0.2) is 12.3 Å². The Kier molecular flexibility index (Phi) is 3.17. The number of hydrogen-bond acceptors (Lipinski definition) is 4. The number of hydrogen-bond donors (Lipinski definition) is 2. The highest BCUT2D eigenvalue weighted by molar-refractivity contribution is 5.88. The van der Waals surface area contributed by atoms with Gasteiger partial charge in [-0.05, 0) is 0 Å². The Hall–Kier alpha value is -2.18. The van der Waals surface area contributed by atoms with Crippen LogP contribution in [0, 0.1) is 5.82 Å². The van der Waals surface area contributed by atoms with Gasteiger partial charge in [0.25, 0.3) is 0 Å². The van der Waals surface area contributed by atoms with Crippen LogP contribution in [0.1, 0.15) is 6.92 Å². The first kappa shape index (κ1) is 10.9. The second-order valence-corrected chi connectivity index (χ2v) is 2.57. The van der Waals surface area contributed by atoms with Gasteiger partial charge in [-0.25, -0.2) is 9.78 Å². The lowest BCUT2D eigenvalue weighted by Gasteiger charge is -2.06. The molecular formula is C8H8FN3O3. The number of nitrogens with one attached hydrogen (secondary N) is 1. The van der Waals surface area contributed by atoms with Crippen LogP contribution in [0.3, 0.4) is 0 Å². The van der Waals surface area contributed by atoms with Gasteiger partial charge in [0.1, 0.15) is 0 Å². The highest BCUT2D eigenvalue weighted by Crippen LogP contribution is 2.21. The SMILES string of the molecule is CC(=O)Nc1nccc(OC(N)=O)c1F. The maximum atomic E-state index is 13.4. The molecule has 0 atom stereocenters. The molecule has 15 heavy (non-hydrogen) atoms. The van der Waals surface area contributed by atoms with Crippen LogP contribution < -0.4 is 15.8 Å². The Labute approximate surface area is 84.2 Å². The van der Waals surface area contributed by atoms with Crippen molar-refractivity contribution in [1.29, 1.82) is 0 Å². The van der Waals surface area contributed by atoms with Crippen molar-refractivity contribution in [2.24, 2.45) is 5.73 Å². The first-order valence-corrected chi connectivity index (χ1v) is 3.90. The average molecular weight is 213 g/mol. The lowest BCUT2D eigenvalue weighted by molar-refractivity contribution is -0.114. The van der Waals surface area contributed by atoms with Gasteiger partial charge in [-0.2, -0.15) is 4.39 Å². The van der Waals surface area contributed by atoms with Crippen molar-refractivity contribution in [3.8, 4) is 5.75 Å². The third-order valence-corrected chi connectivity index (χ3v) is 1.36. The fourth-order valence-corrected chi connectivity index (χ4v) is 0.867. The molecule has 0 aromatic carbocycles. The van der Waals surface area contributed by atoms with E-state index in [9.17, 15) is 14.0 Å². The molecule has 0 unspecified atom stereocenters. The van der Waals surface area contributed by atoms with E-state index in [1.165, 1.54) is 13.1 Å². The number of amides is 2. The molecule has 0 radical (unpaired) electrons. The summed E-state index contributed by atoms with van der Waals surface area (Å²) in [6.45, 7) is 1.20. The number of carbonyl (C=O) groups is 2. The Morgan fingerprint density at radius 2 is 2.27 bits per heavy atom. The molecule has 0 saturated carbocycles. The Bertz CT molecular complexity index is 374. The number of ether oxygens (including phenoxy) is 1. The van der Waals surface area contributed by atoms with Crippen LogP contribution in [-0.2, 0) is 4.79 Å². The fraction of sp³-hybridized carbons (Fsp3) is 0.125. The molecule has 0 aliphatic carbocycles. The minimum absolute atomic E-state index is 0.318. The molecule has 1 rings (SSSR count). The molecular weight excluding hydrogens is 205 g/mol. The summed E-state index contributed by atoms with van der Waals surface area (Å²) in [5, 5.41) is 2.13. The minimum Gasteiger partial charge on any atom is -0.407 e. The summed E-state index contributed by atoms with van der Waals surface area (Å²) < 4.78 is 17.7. The zero-order valence-electron chi connectivity index (χ0n) is 7.78. The van der Waals surface area contributed by atoms with Crippen LogP contribution >= 0.6 is 0 Å². The number of nitrogens with two attached hydrogens (primary N) is 1. The number of aromatic nitrogens is 1. The van der Waals surface area contributed by atoms with E-state index in [0.717, 1.165) is 6.07 Å². The van der Waals surface area contributed by atoms with Gasteiger partial charge in [0.05, 0.1) is 0 Å². The molecule has 1 heterocycles. The highest BCUT2D eigenvalue weighted by Gasteiger charge is 2.13. The van der Waals surface area contributed by atoms with Crippen LogP contribution in [0.5, 0.6) is 5.75 Å². The zero-order valence-corrected chi connectivity index (χ0v) is 7.78. The van der Waals surface area contributed by atoms with E-state index in [1.807, 2.05) is 0 Å². The molecule has 0 aliphatic rings. The molecule has 1 aromatic heterocycles. The summed E-state index contributed by atoms with van der Waals surface area (Å²) in [6.07, 6.45) is 0.0287. The van der Waals surface area contributed by atoms with Crippen LogP contribution in [0.25, 0.3) is 0 Å². The molecule has 3 N–H and O–H groups in total. The number of primary amides is 1. The number of nitrogens with zero attached hydrogens (tertiary/aromatic N) is 1. The normalized spacial score (nSPS) is 9.47. The van der Waals surface area contributed by atoms with Crippen molar-refractivity contribution >= 4 is 17.8 Å². The number of anilines is 1. The highest BCUT2D eigenvalue weighted by atomic mass is 19.1. The molecule has 2 amide bonds. The molecule has 0 saturated heterocycles. The third kappa shape index (κ3) is 2.90. The van der Waals surface area contributed by atoms with Crippen molar-refractivity contribution in [1.82, 2.24) is 4.98 Å². The van der Waals surface area contributed by atoms with E-state index in [1.54, 1.807) is 0 Å². The molecule has 0 fully saturated rings. The second kappa shape index (κ2) is 4.36. The van der Waals surface area contributed by atoms with E-state index in [0.29, 0.717) is 0 Å². The first-order chi connectivity index (χ1) is 7.00. The summed E-state index contributed by atoms with van der Waals surface area (Å²) in [7, 11) is 0. The molecule has 7 heteroatoms. The molecule has 0 spiro atoms. The van der Waals surface area contributed by atoms with Crippen LogP contribution in [0.2, 0.25) is 0 Å². The predicted molar refractivity (Wildman–Crippen MR) is 48.7 cm³/mol. The van der Waals surface area contributed by atoms with Crippen molar-refractivity contribution < 1.29 is 18.7 Å².